The van der Waals surface area contributed by atoms with Gasteiger partial charge in [0.1, 0.15) is 5.75 Å². The molecule has 0 heterocycles. The molecule has 0 aliphatic rings. The molecule has 1 unspecified atom stereocenters. The number of ether oxygens (including phenoxy) is 1. The summed E-state index contributed by atoms with van der Waals surface area (Å²) in [7, 11) is -3.96. The molecule has 6 heteroatoms. The first-order valence-corrected chi connectivity index (χ1v) is 11.0. The highest BCUT2D eigenvalue weighted by molar-refractivity contribution is 7.52. The molecule has 0 aromatic heterocycles. The lowest BCUT2D eigenvalue weighted by atomic mass is 10.0. The lowest BCUT2D eigenvalue weighted by molar-refractivity contribution is -0.142. The van der Waals surface area contributed by atoms with Crippen molar-refractivity contribution in [2.75, 3.05) is 6.61 Å². The van der Waals surface area contributed by atoms with Crippen LogP contribution in [0.15, 0.2) is 66.7 Å². The van der Waals surface area contributed by atoms with Gasteiger partial charge in [0.2, 0.25) is 0 Å². The summed E-state index contributed by atoms with van der Waals surface area (Å²) in [6, 6.07) is 20.0. The van der Waals surface area contributed by atoms with Crippen molar-refractivity contribution in [2.45, 2.75) is 25.9 Å². The largest absolute Gasteiger partial charge is 0.465 e. The molecule has 0 saturated heterocycles. The quantitative estimate of drug-likeness (QED) is 0.422. The second-order valence-corrected chi connectivity index (χ2v) is 8.31. The summed E-state index contributed by atoms with van der Waals surface area (Å²) >= 11 is 0. The van der Waals surface area contributed by atoms with Crippen LogP contribution in [0.4, 0.5) is 0 Å². The van der Waals surface area contributed by atoms with Crippen molar-refractivity contribution in [1.29, 1.82) is 0 Å². The Balaban J connectivity index is 1.92. The van der Waals surface area contributed by atoms with E-state index >= 15 is 0 Å². The number of esters is 1. The van der Waals surface area contributed by atoms with Crippen LogP contribution in [0.1, 0.15) is 24.5 Å². The molecular formula is C22H23O5P. The minimum atomic E-state index is -3.96. The van der Waals surface area contributed by atoms with Gasteiger partial charge >= 0.3 is 13.6 Å². The Labute approximate surface area is 164 Å². The van der Waals surface area contributed by atoms with Gasteiger partial charge in [0.15, 0.2) is 0 Å². The Morgan fingerprint density at radius 2 is 1.71 bits per heavy atom. The Kier molecular flexibility index (Phi) is 6.50. The van der Waals surface area contributed by atoms with Crippen LogP contribution in [-0.2, 0) is 26.7 Å². The molecule has 0 fully saturated rings. The van der Waals surface area contributed by atoms with Gasteiger partial charge in [-0.15, -0.1) is 0 Å². The molecule has 0 radical (unpaired) electrons. The van der Waals surface area contributed by atoms with E-state index < -0.39 is 7.60 Å². The van der Waals surface area contributed by atoms with E-state index in [2.05, 4.69) is 0 Å². The van der Waals surface area contributed by atoms with Crippen LogP contribution in [0.3, 0.4) is 0 Å². The van der Waals surface area contributed by atoms with Crippen LogP contribution in [-0.4, -0.2) is 17.5 Å². The Morgan fingerprint density at radius 1 is 1.00 bits per heavy atom. The van der Waals surface area contributed by atoms with Crippen LogP contribution >= 0.6 is 7.60 Å². The van der Waals surface area contributed by atoms with Gasteiger partial charge in [-0.3, -0.25) is 4.79 Å². The van der Waals surface area contributed by atoms with Crippen LogP contribution in [0.25, 0.3) is 10.8 Å². The molecule has 0 aliphatic carbocycles. The van der Waals surface area contributed by atoms with Crippen molar-refractivity contribution >= 4 is 24.3 Å². The van der Waals surface area contributed by atoms with E-state index in [-0.39, 0.29) is 24.3 Å². The highest BCUT2D eigenvalue weighted by atomic mass is 31.2. The van der Waals surface area contributed by atoms with Gasteiger partial charge in [-0.25, -0.2) is 4.57 Å². The number of hydrogen-bond donors (Lipinski definition) is 1. The number of carbonyl (C=O) groups excluding carboxylic acids is 1. The molecular weight excluding hydrogens is 375 g/mol. The fourth-order valence-corrected chi connectivity index (χ4v) is 4.21. The molecule has 28 heavy (non-hydrogen) atoms. The third-order valence-electron chi connectivity index (χ3n) is 4.25. The molecule has 1 atom stereocenters. The molecule has 0 spiro atoms. The Morgan fingerprint density at radius 3 is 2.46 bits per heavy atom. The lowest BCUT2D eigenvalue weighted by Crippen LogP contribution is -2.10. The van der Waals surface area contributed by atoms with Gasteiger partial charge in [-0.1, -0.05) is 67.6 Å². The van der Waals surface area contributed by atoms with Crippen molar-refractivity contribution in [3.63, 3.8) is 0 Å². The topological polar surface area (TPSA) is 72.8 Å². The number of carbonyl (C=O) groups is 1. The molecule has 1 N–H and O–H groups in total. The molecule has 3 aromatic rings. The summed E-state index contributed by atoms with van der Waals surface area (Å²) in [4.78, 5) is 22.6. The normalized spacial score (nSPS) is 13.1. The fourth-order valence-electron chi connectivity index (χ4n) is 3.00. The van der Waals surface area contributed by atoms with E-state index in [9.17, 15) is 14.3 Å². The molecule has 5 nitrogen and oxygen atoms in total. The van der Waals surface area contributed by atoms with E-state index in [1.165, 1.54) is 0 Å². The average Bonchev–Trinajstić information content (AvgIpc) is 2.68. The molecule has 0 saturated carbocycles. The molecule has 3 rings (SSSR count). The summed E-state index contributed by atoms with van der Waals surface area (Å²) in [6.45, 7) is 2.26. The van der Waals surface area contributed by atoms with Gasteiger partial charge in [-0.05, 0) is 28.8 Å². The van der Waals surface area contributed by atoms with E-state index in [1.807, 2.05) is 43.3 Å². The van der Waals surface area contributed by atoms with E-state index in [4.69, 9.17) is 9.26 Å². The third-order valence-corrected chi connectivity index (χ3v) is 5.50. The van der Waals surface area contributed by atoms with Crippen LogP contribution in [0, 0.1) is 0 Å². The predicted molar refractivity (Wildman–Crippen MR) is 110 cm³/mol. The highest BCUT2D eigenvalue weighted by Crippen LogP contribution is 2.47. The first kappa shape index (κ1) is 20.1. The smallest absolute Gasteiger partial charge is 0.380 e. The summed E-state index contributed by atoms with van der Waals surface area (Å²) in [5, 5.41) is 1.72. The zero-order chi connectivity index (χ0) is 20.0. The maximum absolute atomic E-state index is 12.7. The fraction of sp³-hybridized carbons (Fsp3) is 0.227. The summed E-state index contributed by atoms with van der Waals surface area (Å²) < 4.78 is 23.5. The molecule has 3 aromatic carbocycles. The second kappa shape index (κ2) is 9.05. The van der Waals surface area contributed by atoms with Gasteiger partial charge in [-0.2, -0.15) is 0 Å². The monoisotopic (exact) mass is 398 g/mol. The molecule has 0 aliphatic heterocycles. The predicted octanol–water partition coefficient (Wildman–Crippen LogP) is 5.10. The average molecular weight is 398 g/mol. The molecule has 0 bridgehead atoms. The minimum absolute atomic E-state index is 0.0258. The van der Waals surface area contributed by atoms with Crippen molar-refractivity contribution in [3.05, 3.63) is 77.9 Å². The summed E-state index contributed by atoms with van der Waals surface area (Å²) in [5.74, 6) is -0.159. The summed E-state index contributed by atoms with van der Waals surface area (Å²) in [6.07, 6.45) is 0.593. The van der Waals surface area contributed by atoms with Crippen LogP contribution in [0.5, 0.6) is 5.75 Å². The van der Waals surface area contributed by atoms with Gasteiger partial charge in [0.05, 0.1) is 19.2 Å². The highest BCUT2D eigenvalue weighted by Gasteiger charge is 2.24. The van der Waals surface area contributed by atoms with Gasteiger partial charge in [0.25, 0.3) is 0 Å². The molecule has 146 valence electrons. The minimum Gasteiger partial charge on any atom is -0.465 e. The SMILES string of the molecule is CCCOC(=O)Cc1c(OP(=O)(O)Cc2ccccc2)ccc2ccccc12. The van der Waals surface area contributed by atoms with E-state index in [1.54, 1.807) is 30.3 Å². The Bertz CT molecular complexity index is 1000. The van der Waals surface area contributed by atoms with Gasteiger partial charge in [0, 0.05) is 5.56 Å². The zero-order valence-corrected chi connectivity index (χ0v) is 16.6. The standard InChI is InChI=1S/C22H23O5P/c1-2-14-26-22(23)15-20-19-11-7-6-10-18(19)12-13-21(20)27-28(24,25)16-17-8-4-3-5-9-17/h3-13H,2,14-16H2,1H3,(H,24,25). The van der Waals surface area contributed by atoms with Crippen LogP contribution in [0.2, 0.25) is 0 Å². The number of hydrogen-bond acceptors (Lipinski definition) is 4. The number of fused-ring (bicyclic) bond motifs is 1. The zero-order valence-electron chi connectivity index (χ0n) is 15.7. The van der Waals surface area contributed by atoms with Crippen molar-refractivity contribution in [3.8, 4) is 5.75 Å². The lowest BCUT2D eigenvalue weighted by Gasteiger charge is -2.18. The third kappa shape index (κ3) is 5.22. The second-order valence-electron chi connectivity index (χ2n) is 6.53. The van der Waals surface area contributed by atoms with Crippen LogP contribution < -0.4 is 4.52 Å². The van der Waals surface area contributed by atoms with E-state index in [0.29, 0.717) is 17.7 Å². The Hall–Kier alpha value is -2.62. The van der Waals surface area contributed by atoms with E-state index in [0.717, 1.165) is 17.2 Å². The maximum Gasteiger partial charge on any atom is 0.380 e. The number of rotatable bonds is 8. The van der Waals surface area contributed by atoms with Crippen molar-refractivity contribution in [2.24, 2.45) is 0 Å². The summed E-state index contributed by atoms with van der Waals surface area (Å²) in [5.41, 5.74) is 1.26. The van der Waals surface area contributed by atoms with Crippen molar-refractivity contribution in [1.82, 2.24) is 0 Å². The number of benzene rings is 3. The van der Waals surface area contributed by atoms with Gasteiger partial charge < -0.3 is 14.2 Å². The first-order valence-electron chi connectivity index (χ1n) is 9.20. The maximum atomic E-state index is 12.7. The van der Waals surface area contributed by atoms with Crippen molar-refractivity contribution < 1.29 is 23.5 Å². The first-order chi connectivity index (χ1) is 13.5. The molecule has 0 amide bonds.